The van der Waals surface area contributed by atoms with E-state index in [2.05, 4.69) is 189 Å². The Morgan fingerprint density at radius 2 is 1.04 bits per heavy atom. The fourth-order valence-corrected chi connectivity index (χ4v) is 8.34. The van der Waals surface area contributed by atoms with Gasteiger partial charge in [-0.05, 0) is 98.4 Å². The van der Waals surface area contributed by atoms with Crippen LogP contribution >= 0.6 is 0 Å². The molecular formula is C49H35NO. The van der Waals surface area contributed by atoms with Crippen molar-refractivity contribution < 1.29 is 4.42 Å². The fraction of sp³-hybridized carbons (Fsp3) is 0.0612. The number of nitrogens with zero attached hydrogens (tertiary/aromatic N) is 1. The van der Waals surface area contributed by atoms with E-state index in [1.165, 1.54) is 60.7 Å². The Hall–Kier alpha value is -6.38. The number of benzene rings is 8. The highest BCUT2D eigenvalue weighted by atomic mass is 16.3. The van der Waals surface area contributed by atoms with Gasteiger partial charge in [0.05, 0.1) is 0 Å². The summed E-state index contributed by atoms with van der Waals surface area (Å²) in [6.45, 7) is 4.69. The summed E-state index contributed by atoms with van der Waals surface area (Å²) >= 11 is 0. The molecule has 0 bridgehead atoms. The quantitative estimate of drug-likeness (QED) is 0.184. The van der Waals surface area contributed by atoms with E-state index < -0.39 is 0 Å². The van der Waals surface area contributed by atoms with Crippen LogP contribution in [0.1, 0.15) is 25.0 Å². The molecule has 0 saturated carbocycles. The van der Waals surface area contributed by atoms with Gasteiger partial charge in [-0.15, -0.1) is 0 Å². The van der Waals surface area contributed by atoms with Crippen LogP contribution in [0.25, 0.3) is 66.1 Å². The van der Waals surface area contributed by atoms with Crippen LogP contribution < -0.4 is 4.90 Å². The maximum Gasteiger partial charge on any atom is 0.136 e. The number of hydrogen-bond acceptors (Lipinski definition) is 2. The van der Waals surface area contributed by atoms with Crippen molar-refractivity contribution in [1.82, 2.24) is 0 Å². The first-order chi connectivity index (χ1) is 25.0. The molecule has 1 aliphatic carbocycles. The van der Waals surface area contributed by atoms with Crippen molar-refractivity contribution in [1.29, 1.82) is 0 Å². The number of fused-ring (bicyclic) bond motifs is 8. The summed E-state index contributed by atoms with van der Waals surface area (Å²) in [5, 5.41) is 4.75. The first kappa shape index (κ1) is 29.5. The van der Waals surface area contributed by atoms with Gasteiger partial charge in [0, 0.05) is 38.6 Å². The van der Waals surface area contributed by atoms with E-state index in [9.17, 15) is 0 Å². The molecule has 10 rings (SSSR count). The van der Waals surface area contributed by atoms with Crippen LogP contribution in [0.3, 0.4) is 0 Å². The van der Waals surface area contributed by atoms with Gasteiger partial charge in [0.2, 0.25) is 0 Å². The molecule has 0 N–H and O–H groups in total. The van der Waals surface area contributed by atoms with Gasteiger partial charge in [-0.25, -0.2) is 0 Å². The van der Waals surface area contributed by atoms with E-state index in [4.69, 9.17) is 4.42 Å². The SMILES string of the molecule is CC1(C)c2ccccc2-c2ccc(N(c3ccc(-c4ccccc4)cc3)c3ccc(-c4cccc5ccc6oc7ccccc7c6c45)cc3)cc21. The van der Waals surface area contributed by atoms with Crippen LogP contribution in [0.2, 0.25) is 0 Å². The second kappa shape index (κ2) is 11.3. The second-order valence-corrected chi connectivity index (χ2v) is 14.1. The van der Waals surface area contributed by atoms with Gasteiger partial charge in [0.15, 0.2) is 0 Å². The third-order valence-corrected chi connectivity index (χ3v) is 10.9. The minimum absolute atomic E-state index is 0.0917. The number of para-hydroxylation sites is 1. The van der Waals surface area contributed by atoms with E-state index in [0.717, 1.165) is 33.6 Å². The van der Waals surface area contributed by atoms with Crippen molar-refractivity contribution in [3.05, 3.63) is 187 Å². The van der Waals surface area contributed by atoms with Crippen LogP contribution in [-0.4, -0.2) is 0 Å². The van der Waals surface area contributed by atoms with Crippen molar-refractivity contribution in [3.63, 3.8) is 0 Å². The van der Waals surface area contributed by atoms with Crippen LogP contribution in [0.4, 0.5) is 17.1 Å². The normalized spacial score (nSPS) is 13.1. The minimum atomic E-state index is -0.0917. The van der Waals surface area contributed by atoms with Crippen molar-refractivity contribution in [2.45, 2.75) is 19.3 Å². The molecule has 2 nitrogen and oxygen atoms in total. The highest BCUT2D eigenvalue weighted by Gasteiger charge is 2.35. The predicted molar refractivity (Wildman–Crippen MR) is 214 cm³/mol. The lowest BCUT2D eigenvalue weighted by atomic mass is 9.82. The minimum Gasteiger partial charge on any atom is -0.456 e. The summed E-state index contributed by atoms with van der Waals surface area (Å²) < 4.78 is 6.30. The molecule has 9 aromatic rings. The van der Waals surface area contributed by atoms with Crippen LogP contribution in [-0.2, 0) is 5.41 Å². The number of anilines is 3. The van der Waals surface area contributed by atoms with Crippen LogP contribution in [0.5, 0.6) is 0 Å². The van der Waals surface area contributed by atoms with Gasteiger partial charge in [-0.1, -0.05) is 141 Å². The standard InChI is InChI=1S/C49H35NO/c1-49(2)43-17-8-6-14-40(43)41-29-28-38(31-44(41)49)50(36-24-19-33(20-25-36)32-11-4-3-5-12-32)37-26-21-34(22-27-37)39-16-10-13-35-23-30-46-48(47(35)39)42-15-7-9-18-45(42)51-46/h3-31H,1-2H3. The molecule has 1 heterocycles. The van der Waals surface area contributed by atoms with Gasteiger partial charge < -0.3 is 9.32 Å². The van der Waals surface area contributed by atoms with Gasteiger partial charge >= 0.3 is 0 Å². The Morgan fingerprint density at radius 1 is 0.412 bits per heavy atom. The number of hydrogen-bond donors (Lipinski definition) is 0. The summed E-state index contributed by atoms with van der Waals surface area (Å²) in [6, 6.07) is 63.6. The van der Waals surface area contributed by atoms with E-state index in [-0.39, 0.29) is 5.41 Å². The lowest BCUT2D eigenvalue weighted by Gasteiger charge is -2.28. The van der Waals surface area contributed by atoms with Crippen LogP contribution in [0.15, 0.2) is 180 Å². The second-order valence-electron chi connectivity index (χ2n) is 14.1. The molecule has 1 aliphatic rings. The van der Waals surface area contributed by atoms with Crippen molar-refractivity contribution in [2.75, 3.05) is 4.90 Å². The largest absolute Gasteiger partial charge is 0.456 e. The van der Waals surface area contributed by atoms with E-state index in [1.54, 1.807) is 0 Å². The summed E-state index contributed by atoms with van der Waals surface area (Å²) in [7, 11) is 0. The zero-order valence-corrected chi connectivity index (χ0v) is 28.6. The molecule has 0 atom stereocenters. The lowest BCUT2D eigenvalue weighted by Crippen LogP contribution is -2.16. The van der Waals surface area contributed by atoms with Gasteiger partial charge in [0.1, 0.15) is 11.2 Å². The summed E-state index contributed by atoms with van der Waals surface area (Å²) in [5.41, 5.74) is 15.3. The molecule has 1 aromatic heterocycles. The average Bonchev–Trinajstić information content (AvgIpc) is 3.68. The molecule has 242 valence electrons. The molecule has 0 spiro atoms. The Bertz CT molecular complexity index is 2750. The first-order valence-electron chi connectivity index (χ1n) is 17.7. The molecule has 0 amide bonds. The maximum absolute atomic E-state index is 6.30. The van der Waals surface area contributed by atoms with E-state index in [0.29, 0.717) is 0 Å². The van der Waals surface area contributed by atoms with Gasteiger partial charge in [-0.3, -0.25) is 0 Å². The third-order valence-electron chi connectivity index (χ3n) is 10.9. The Kier molecular flexibility index (Phi) is 6.56. The Balaban J connectivity index is 1.11. The smallest absolute Gasteiger partial charge is 0.136 e. The molecule has 0 fully saturated rings. The highest BCUT2D eigenvalue weighted by molar-refractivity contribution is 6.22. The predicted octanol–water partition coefficient (Wildman–Crippen LogP) is 13.8. The Labute approximate surface area is 297 Å². The highest BCUT2D eigenvalue weighted by Crippen LogP contribution is 2.51. The molecular weight excluding hydrogens is 619 g/mol. The monoisotopic (exact) mass is 653 g/mol. The zero-order valence-electron chi connectivity index (χ0n) is 28.6. The average molecular weight is 654 g/mol. The maximum atomic E-state index is 6.30. The molecule has 2 heteroatoms. The van der Waals surface area contributed by atoms with Gasteiger partial charge in [0.25, 0.3) is 0 Å². The zero-order chi connectivity index (χ0) is 34.1. The van der Waals surface area contributed by atoms with E-state index in [1.807, 2.05) is 6.07 Å². The van der Waals surface area contributed by atoms with Crippen LogP contribution in [0, 0.1) is 0 Å². The number of furan rings is 1. The molecule has 0 saturated heterocycles. The van der Waals surface area contributed by atoms with Crippen molar-refractivity contribution >= 4 is 49.8 Å². The molecule has 8 aromatic carbocycles. The third kappa shape index (κ3) is 4.64. The Morgan fingerprint density at radius 3 is 1.84 bits per heavy atom. The number of rotatable bonds is 5. The van der Waals surface area contributed by atoms with Crippen molar-refractivity contribution in [2.24, 2.45) is 0 Å². The first-order valence-corrected chi connectivity index (χ1v) is 17.7. The van der Waals surface area contributed by atoms with E-state index >= 15 is 0 Å². The molecule has 0 unspecified atom stereocenters. The molecule has 0 aliphatic heterocycles. The van der Waals surface area contributed by atoms with Gasteiger partial charge in [-0.2, -0.15) is 0 Å². The summed E-state index contributed by atoms with van der Waals surface area (Å²) in [4.78, 5) is 2.39. The summed E-state index contributed by atoms with van der Waals surface area (Å²) in [6.07, 6.45) is 0. The molecule has 51 heavy (non-hydrogen) atoms. The summed E-state index contributed by atoms with van der Waals surface area (Å²) in [5.74, 6) is 0. The fourth-order valence-electron chi connectivity index (χ4n) is 8.34. The molecule has 0 radical (unpaired) electrons. The topological polar surface area (TPSA) is 16.4 Å². The lowest BCUT2D eigenvalue weighted by molar-refractivity contribution is 0.660. The van der Waals surface area contributed by atoms with Crippen molar-refractivity contribution in [3.8, 4) is 33.4 Å².